The van der Waals surface area contributed by atoms with E-state index in [1.807, 2.05) is 0 Å². The SMILES string of the molecule is CC(CNc1c(Br)cncc1[N+](=O)[O-])N1CCCCC1. The number of halogens is 1. The van der Waals surface area contributed by atoms with Gasteiger partial charge >= 0.3 is 5.69 Å². The highest BCUT2D eigenvalue weighted by Gasteiger charge is 2.20. The molecule has 0 aromatic carbocycles. The van der Waals surface area contributed by atoms with E-state index < -0.39 is 4.92 Å². The number of aromatic nitrogens is 1. The third-order valence-electron chi connectivity index (χ3n) is 3.66. The fraction of sp³-hybridized carbons (Fsp3) is 0.615. The Morgan fingerprint density at radius 1 is 1.45 bits per heavy atom. The quantitative estimate of drug-likeness (QED) is 0.657. The normalized spacial score (nSPS) is 17.7. The molecule has 1 aliphatic heterocycles. The molecule has 0 saturated carbocycles. The number of likely N-dealkylation sites (tertiary alicyclic amines) is 1. The van der Waals surface area contributed by atoms with Crippen LogP contribution in [0.1, 0.15) is 26.2 Å². The van der Waals surface area contributed by atoms with Crippen LogP contribution >= 0.6 is 15.9 Å². The van der Waals surface area contributed by atoms with Gasteiger partial charge in [0, 0.05) is 18.8 Å². The van der Waals surface area contributed by atoms with Crippen LogP contribution in [0.25, 0.3) is 0 Å². The molecular formula is C13H19BrN4O2. The van der Waals surface area contributed by atoms with Crippen LogP contribution in [0.4, 0.5) is 11.4 Å². The minimum atomic E-state index is -0.411. The number of hydrogen-bond acceptors (Lipinski definition) is 5. The first-order valence-electron chi connectivity index (χ1n) is 6.85. The maximum Gasteiger partial charge on any atom is 0.311 e. The molecule has 1 aliphatic rings. The van der Waals surface area contributed by atoms with Crippen molar-refractivity contribution < 1.29 is 4.92 Å². The molecule has 1 aromatic rings. The fourth-order valence-corrected chi connectivity index (χ4v) is 2.94. The van der Waals surface area contributed by atoms with Gasteiger partial charge in [0.25, 0.3) is 0 Å². The van der Waals surface area contributed by atoms with E-state index >= 15 is 0 Å². The summed E-state index contributed by atoms with van der Waals surface area (Å²) in [5.74, 6) is 0. The molecule has 0 spiro atoms. The monoisotopic (exact) mass is 342 g/mol. The Hall–Kier alpha value is -1.21. The van der Waals surface area contributed by atoms with Crippen LogP contribution < -0.4 is 5.32 Å². The molecule has 1 aromatic heterocycles. The van der Waals surface area contributed by atoms with E-state index in [1.165, 1.54) is 25.5 Å². The molecule has 7 heteroatoms. The van der Waals surface area contributed by atoms with Gasteiger partial charge in [0.1, 0.15) is 11.9 Å². The summed E-state index contributed by atoms with van der Waals surface area (Å²) < 4.78 is 0.623. The Morgan fingerprint density at radius 2 is 2.15 bits per heavy atom. The molecule has 110 valence electrons. The molecule has 0 radical (unpaired) electrons. The number of rotatable bonds is 5. The first-order valence-corrected chi connectivity index (χ1v) is 7.64. The van der Waals surface area contributed by atoms with Crippen LogP contribution in [0.15, 0.2) is 16.9 Å². The summed E-state index contributed by atoms with van der Waals surface area (Å²) in [6.07, 6.45) is 6.63. The van der Waals surface area contributed by atoms with Crippen LogP contribution in [0.3, 0.4) is 0 Å². The Labute approximate surface area is 126 Å². The minimum absolute atomic E-state index is 0.00483. The third-order valence-corrected chi connectivity index (χ3v) is 4.27. The zero-order valence-corrected chi connectivity index (χ0v) is 13.1. The standard InChI is InChI=1S/C13H19BrN4O2/c1-10(17-5-3-2-4-6-17)7-16-13-11(14)8-15-9-12(13)18(19)20/h8-10H,2-7H2,1H3,(H,15,16). The molecule has 0 amide bonds. The highest BCUT2D eigenvalue weighted by molar-refractivity contribution is 9.10. The van der Waals surface area contributed by atoms with E-state index in [9.17, 15) is 10.1 Å². The number of nitrogens with one attached hydrogen (secondary N) is 1. The number of nitro groups is 1. The highest BCUT2D eigenvalue weighted by Crippen LogP contribution is 2.31. The molecule has 2 heterocycles. The first-order chi connectivity index (χ1) is 9.59. The van der Waals surface area contributed by atoms with Gasteiger partial charge in [0.05, 0.1) is 9.40 Å². The summed E-state index contributed by atoms with van der Waals surface area (Å²) >= 11 is 3.32. The zero-order valence-electron chi connectivity index (χ0n) is 11.5. The van der Waals surface area contributed by atoms with Crippen molar-refractivity contribution >= 4 is 27.3 Å². The predicted octanol–water partition coefficient (Wildman–Crippen LogP) is 3.04. The van der Waals surface area contributed by atoms with Gasteiger partial charge < -0.3 is 5.32 Å². The largest absolute Gasteiger partial charge is 0.377 e. The lowest BCUT2D eigenvalue weighted by Crippen LogP contribution is -2.41. The number of anilines is 1. The first kappa shape index (κ1) is 15.2. The molecule has 1 atom stereocenters. The summed E-state index contributed by atoms with van der Waals surface area (Å²) in [6.45, 7) is 5.06. The van der Waals surface area contributed by atoms with Gasteiger partial charge in [0.15, 0.2) is 0 Å². The van der Waals surface area contributed by atoms with Crippen LogP contribution in [-0.2, 0) is 0 Å². The zero-order chi connectivity index (χ0) is 14.5. The van der Waals surface area contributed by atoms with Gasteiger partial charge in [-0.3, -0.25) is 20.0 Å². The van der Waals surface area contributed by atoms with Crippen LogP contribution in [0.5, 0.6) is 0 Å². The molecule has 20 heavy (non-hydrogen) atoms. The lowest BCUT2D eigenvalue weighted by molar-refractivity contribution is -0.384. The van der Waals surface area contributed by atoms with Gasteiger partial charge in [-0.2, -0.15) is 0 Å². The minimum Gasteiger partial charge on any atom is -0.377 e. The van der Waals surface area contributed by atoms with Crippen molar-refractivity contribution in [1.82, 2.24) is 9.88 Å². The summed E-state index contributed by atoms with van der Waals surface area (Å²) in [6, 6.07) is 0.356. The maximum absolute atomic E-state index is 11.0. The van der Waals surface area contributed by atoms with Crippen molar-refractivity contribution in [1.29, 1.82) is 0 Å². The van der Waals surface area contributed by atoms with E-state index in [0.717, 1.165) is 13.1 Å². The van der Waals surface area contributed by atoms with E-state index in [4.69, 9.17) is 0 Å². The van der Waals surface area contributed by atoms with Crippen LogP contribution in [0, 0.1) is 10.1 Å². The Bertz CT molecular complexity index is 477. The fourth-order valence-electron chi connectivity index (χ4n) is 2.48. The average molecular weight is 343 g/mol. The van der Waals surface area contributed by atoms with Crippen molar-refractivity contribution in [2.24, 2.45) is 0 Å². The molecule has 1 saturated heterocycles. The Kier molecular flexibility index (Phi) is 5.31. The summed E-state index contributed by atoms with van der Waals surface area (Å²) in [7, 11) is 0. The van der Waals surface area contributed by atoms with Crippen molar-refractivity contribution in [2.75, 3.05) is 25.0 Å². The van der Waals surface area contributed by atoms with Crippen molar-refractivity contribution in [3.05, 3.63) is 27.0 Å². The summed E-state index contributed by atoms with van der Waals surface area (Å²) in [5, 5.41) is 14.2. The molecule has 1 N–H and O–H groups in total. The molecule has 1 fully saturated rings. The van der Waals surface area contributed by atoms with E-state index in [0.29, 0.717) is 22.7 Å². The van der Waals surface area contributed by atoms with Gasteiger partial charge in [-0.05, 0) is 48.8 Å². The van der Waals surface area contributed by atoms with Gasteiger partial charge in [0.2, 0.25) is 0 Å². The second kappa shape index (κ2) is 6.99. The summed E-state index contributed by atoms with van der Waals surface area (Å²) in [4.78, 5) is 16.9. The van der Waals surface area contributed by atoms with Gasteiger partial charge in [-0.25, -0.2) is 0 Å². The number of nitrogens with zero attached hydrogens (tertiary/aromatic N) is 3. The third kappa shape index (κ3) is 3.67. The van der Waals surface area contributed by atoms with E-state index in [1.54, 1.807) is 6.20 Å². The van der Waals surface area contributed by atoms with Crippen molar-refractivity contribution in [2.45, 2.75) is 32.2 Å². The van der Waals surface area contributed by atoms with Gasteiger partial charge in [-0.15, -0.1) is 0 Å². The average Bonchev–Trinajstić information content (AvgIpc) is 2.46. The second-order valence-electron chi connectivity index (χ2n) is 5.10. The predicted molar refractivity (Wildman–Crippen MR) is 82.0 cm³/mol. The van der Waals surface area contributed by atoms with Crippen LogP contribution in [-0.4, -0.2) is 40.5 Å². The van der Waals surface area contributed by atoms with Crippen molar-refractivity contribution in [3.8, 4) is 0 Å². The molecule has 2 rings (SSSR count). The Balaban J connectivity index is 2.01. The number of piperidine rings is 1. The molecule has 1 unspecified atom stereocenters. The van der Waals surface area contributed by atoms with E-state index in [2.05, 4.69) is 38.1 Å². The molecule has 0 aliphatic carbocycles. The maximum atomic E-state index is 11.0. The lowest BCUT2D eigenvalue weighted by atomic mass is 10.1. The van der Waals surface area contributed by atoms with Gasteiger partial charge in [-0.1, -0.05) is 6.42 Å². The molecular weight excluding hydrogens is 324 g/mol. The Morgan fingerprint density at radius 3 is 2.80 bits per heavy atom. The highest BCUT2D eigenvalue weighted by atomic mass is 79.9. The smallest absolute Gasteiger partial charge is 0.311 e. The van der Waals surface area contributed by atoms with E-state index in [-0.39, 0.29) is 5.69 Å². The molecule has 0 bridgehead atoms. The number of pyridine rings is 1. The van der Waals surface area contributed by atoms with Crippen LogP contribution in [0.2, 0.25) is 0 Å². The lowest BCUT2D eigenvalue weighted by Gasteiger charge is -2.32. The second-order valence-corrected chi connectivity index (χ2v) is 5.95. The summed E-state index contributed by atoms with van der Waals surface area (Å²) in [5.41, 5.74) is 0.513. The molecule has 6 nitrogen and oxygen atoms in total. The number of hydrogen-bond donors (Lipinski definition) is 1. The van der Waals surface area contributed by atoms with Crippen molar-refractivity contribution in [3.63, 3.8) is 0 Å². The topological polar surface area (TPSA) is 71.3 Å².